The molecule has 0 saturated heterocycles. The predicted molar refractivity (Wildman–Crippen MR) is 69.8 cm³/mol. The smallest absolute Gasteiger partial charge is 0.348 e. The third-order valence-electron chi connectivity index (χ3n) is 2.95. The second-order valence-corrected chi connectivity index (χ2v) is 4.08. The second kappa shape index (κ2) is 5.68. The van der Waals surface area contributed by atoms with Crippen molar-refractivity contribution in [1.29, 1.82) is 0 Å². The molecule has 1 aromatic rings. The molecule has 0 bridgehead atoms. The highest BCUT2D eigenvalue weighted by Crippen LogP contribution is 2.36. The van der Waals surface area contributed by atoms with E-state index < -0.39 is 12.1 Å². The quantitative estimate of drug-likeness (QED) is 0.875. The summed E-state index contributed by atoms with van der Waals surface area (Å²) in [7, 11) is 4.54. The number of methoxy groups -OCH3 is 3. The number of aliphatic carboxylic acids is 1. The molecule has 0 saturated carbocycles. The van der Waals surface area contributed by atoms with E-state index in [2.05, 4.69) is 5.16 Å². The summed E-state index contributed by atoms with van der Waals surface area (Å²) < 4.78 is 15.7. The van der Waals surface area contributed by atoms with Crippen molar-refractivity contribution < 1.29 is 28.9 Å². The van der Waals surface area contributed by atoms with Crippen molar-refractivity contribution in [1.82, 2.24) is 0 Å². The Hall–Kier alpha value is -2.44. The first-order valence-corrected chi connectivity index (χ1v) is 5.86. The number of carboxylic acids is 1. The minimum absolute atomic E-state index is 0.147. The standard InChI is InChI=1S/C13H15NO6/c1-17-7-4-9(18-2)12(10(5-7)19-3)8-6-11(13(15)16)20-14-8/h4-5,11H,6H2,1-3H3,(H,15,16). The van der Waals surface area contributed by atoms with Crippen LogP contribution in [0.1, 0.15) is 12.0 Å². The van der Waals surface area contributed by atoms with E-state index in [-0.39, 0.29) is 6.42 Å². The first-order chi connectivity index (χ1) is 9.60. The summed E-state index contributed by atoms with van der Waals surface area (Å²) in [6, 6.07) is 3.35. The van der Waals surface area contributed by atoms with Crippen LogP contribution >= 0.6 is 0 Å². The van der Waals surface area contributed by atoms with Gasteiger partial charge >= 0.3 is 5.97 Å². The van der Waals surface area contributed by atoms with Crippen molar-refractivity contribution in [3.8, 4) is 17.2 Å². The topological polar surface area (TPSA) is 86.6 Å². The fourth-order valence-electron chi connectivity index (χ4n) is 1.95. The van der Waals surface area contributed by atoms with Gasteiger partial charge < -0.3 is 24.2 Å². The van der Waals surface area contributed by atoms with Crippen LogP contribution in [-0.4, -0.2) is 44.2 Å². The van der Waals surface area contributed by atoms with E-state index in [0.29, 0.717) is 28.5 Å². The Morgan fingerprint density at radius 3 is 2.25 bits per heavy atom. The number of hydrogen-bond acceptors (Lipinski definition) is 6. The first-order valence-electron chi connectivity index (χ1n) is 5.86. The highest BCUT2D eigenvalue weighted by atomic mass is 16.7. The maximum Gasteiger partial charge on any atom is 0.348 e. The SMILES string of the molecule is COc1cc(OC)c(C2=NOC(C(=O)O)C2)c(OC)c1. The van der Waals surface area contributed by atoms with Gasteiger partial charge in [0.05, 0.1) is 32.6 Å². The number of nitrogens with zero attached hydrogens (tertiary/aromatic N) is 1. The molecule has 7 nitrogen and oxygen atoms in total. The number of carbonyl (C=O) groups is 1. The van der Waals surface area contributed by atoms with Crippen LogP contribution < -0.4 is 14.2 Å². The van der Waals surface area contributed by atoms with E-state index in [1.165, 1.54) is 21.3 Å². The van der Waals surface area contributed by atoms with Gasteiger partial charge in [0.15, 0.2) is 0 Å². The van der Waals surface area contributed by atoms with Gasteiger partial charge in [-0.1, -0.05) is 5.16 Å². The molecule has 1 unspecified atom stereocenters. The number of hydrogen-bond donors (Lipinski definition) is 1. The van der Waals surface area contributed by atoms with Crippen molar-refractivity contribution in [2.45, 2.75) is 12.5 Å². The molecule has 2 rings (SSSR count). The highest BCUT2D eigenvalue weighted by Gasteiger charge is 2.31. The van der Waals surface area contributed by atoms with Crippen LogP contribution in [-0.2, 0) is 9.63 Å². The third-order valence-corrected chi connectivity index (χ3v) is 2.95. The van der Waals surface area contributed by atoms with Gasteiger partial charge in [0, 0.05) is 18.6 Å². The van der Waals surface area contributed by atoms with Crippen LogP contribution in [0.3, 0.4) is 0 Å². The third kappa shape index (κ3) is 2.47. The summed E-state index contributed by atoms with van der Waals surface area (Å²) in [6.45, 7) is 0. The van der Waals surface area contributed by atoms with Crippen molar-refractivity contribution >= 4 is 11.7 Å². The van der Waals surface area contributed by atoms with Gasteiger partial charge in [0.2, 0.25) is 6.10 Å². The lowest BCUT2D eigenvalue weighted by Gasteiger charge is -2.14. The summed E-state index contributed by atoms with van der Waals surface area (Å²) >= 11 is 0. The molecular weight excluding hydrogens is 266 g/mol. The van der Waals surface area contributed by atoms with E-state index in [4.69, 9.17) is 24.2 Å². The number of oxime groups is 1. The molecule has 0 aromatic heterocycles. The normalized spacial score (nSPS) is 17.1. The largest absolute Gasteiger partial charge is 0.496 e. The summed E-state index contributed by atoms with van der Waals surface area (Å²) in [5.74, 6) is 0.469. The second-order valence-electron chi connectivity index (χ2n) is 4.08. The van der Waals surface area contributed by atoms with Gasteiger partial charge in [-0.05, 0) is 0 Å². The van der Waals surface area contributed by atoms with Crippen LogP contribution in [0.2, 0.25) is 0 Å². The highest BCUT2D eigenvalue weighted by molar-refractivity contribution is 6.07. The summed E-state index contributed by atoms with van der Waals surface area (Å²) in [6.07, 6.45) is -0.838. The monoisotopic (exact) mass is 281 g/mol. The van der Waals surface area contributed by atoms with Crippen molar-refractivity contribution in [2.24, 2.45) is 5.16 Å². The Morgan fingerprint density at radius 1 is 1.25 bits per heavy atom. The van der Waals surface area contributed by atoms with E-state index in [1.54, 1.807) is 12.1 Å². The zero-order valence-electron chi connectivity index (χ0n) is 11.4. The number of benzene rings is 1. The Kier molecular flexibility index (Phi) is 3.97. The van der Waals surface area contributed by atoms with Crippen molar-refractivity contribution in [2.75, 3.05) is 21.3 Å². The lowest BCUT2D eigenvalue weighted by Crippen LogP contribution is -2.20. The molecule has 0 radical (unpaired) electrons. The molecule has 0 fully saturated rings. The Morgan fingerprint density at radius 2 is 1.85 bits per heavy atom. The summed E-state index contributed by atoms with van der Waals surface area (Å²) in [5, 5.41) is 12.7. The van der Waals surface area contributed by atoms with Gasteiger partial charge in [-0.15, -0.1) is 0 Å². The van der Waals surface area contributed by atoms with Gasteiger partial charge in [-0.3, -0.25) is 0 Å². The molecule has 1 aliphatic heterocycles. The molecule has 0 spiro atoms. The summed E-state index contributed by atoms with van der Waals surface area (Å²) in [4.78, 5) is 15.8. The molecule has 1 heterocycles. The van der Waals surface area contributed by atoms with Gasteiger partial charge in [-0.25, -0.2) is 4.79 Å². The van der Waals surface area contributed by atoms with Crippen molar-refractivity contribution in [3.63, 3.8) is 0 Å². The fourth-order valence-corrected chi connectivity index (χ4v) is 1.95. The maximum absolute atomic E-state index is 10.9. The molecule has 108 valence electrons. The van der Waals surface area contributed by atoms with Crippen LogP contribution in [0.5, 0.6) is 17.2 Å². The molecule has 20 heavy (non-hydrogen) atoms. The van der Waals surface area contributed by atoms with E-state index in [1.807, 2.05) is 0 Å². The van der Waals surface area contributed by atoms with Crippen LogP contribution in [0.25, 0.3) is 0 Å². The zero-order valence-corrected chi connectivity index (χ0v) is 11.4. The van der Waals surface area contributed by atoms with Gasteiger partial charge in [0.25, 0.3) is 0 Å². The first kappa shape index (κ1) is 14.0. The molecule has 1 N–H and O–H groups in total. The Balaban J connectivity index is 2.43. The lowest BCUT2D eigenvalue weighted by atomic mass is 10.0. The predicted octanol–water partition coefficient (Wildman–Crippen LogP) is 1.29. The Bertz CT molecular complexity index is 529. The molecule has 0 amide bonds. The number of carboxylic acid groups (broad SMARTS) is 1. The lowest BCUT2D eigenvalue weighted by molar-refractivity contribution is -0.148. The maximum atomic E-state index is 10.9. The Labute approximate surface area is 115 Å². The average Bonchev–Trinajstić information content (AvgIpc) is 2.95. The molecule has 1 aliphatic rings. The average molecular weight is 281 g/mol. The molecule has 0 aliphatic carbocycles. The van der Waals surface area contributed by atoms with E-state index in [0.717, 1.165) is 0 Å². The summed E-state index contributed by atoms with van der Waals surface area (Å²) in [5.41, 5.74) is 1.04. The van der Waals surface area contributed by atoms with E-state index in [9.17, 15) is 4.79 Å². The van der Waals surface area contributed by atoms with Crippen LogP contribution in [0.4, 0.5) is 0 Å². The molecule has 7 heteroatoms. The molecular formula is C13H15NO6. The molecule has 1 aromatic carbocycles. The van der Waals surface area contributed by atoms with Crippen molar-refractivity contribution in [3.05, 3.63) is 17.7 Å². The van der Waals surface area contributed by atoms with Crippen LogP contribution in [0, 0.1) is 0 Å². The number of rotatable bonds is 5. The minimum atomic E-state index is -1.06. The van der Waals surface area contributed by atoms with E-state index >= 15 is 0 Å². The van der Waals surface area contributed by atoms with Crippen LogP contribution in [0.15, 0.2) is 17.3 Å². The molecule has 1 atom stereocenters. The van der Waals surface area contributed by atoms with Gasteiger partial charge in [-0.2, -0.15) is 0 Å². The minimum Gasteiger partial charge on any atom is -0.496 e. The fraction of sp³-hybridized carbons (Fsp3) is 0.385. The zero-order chi connectivity index (χ0) is 14.7. The number of ether oxygens (including phenoxy) is 3. The van der Waals surface area contributed by atoms with Gasteiger partial charge in [0.1, 0.15) is 17.2 Å².